The van der Waals surface area contributed by atoms with Crippen molar-refractivity contribution in [3.8, 4) is 5.75 Å². The number of benzene rings is 1. The van der Waals surface area contributed by atoms with Gasteiger partial charge in [-0.15, -0.1) is 0 Å². The molecule has 0 bridgehead atoms. The van der Waals surface area contributed by atoms with E-state index in [0.29, 0.717) is 0 Å². The maximum Gasteiger partial charge on any atom is 0.244 e. The van der Waals surface area contributed by atoms with Gasteiger partial charge in [0, 0.05) is 14.1 Å². The molecule has 1 aromatic rings. The van der Waals surface area contributed by atoms with Crippen molar-refractivity contribution in [1.82, 2.24) is 10.4 Å². The zero-order valence-electron chi connectivity index (χ0n) is 10.5. The second kappa shape index (κ2) is 4.37. The van der Waals surface area contributed by atoms with Gasteiger partial charge < -0.3 is 4.74 Å². The highest BCUT2D eigenvalue weighted by atomic mass is 16.5. The van der Waals surface area contributed by atoms with Crippen LogP contribution in [0.3, 0.4) is 0 Å². The second-order valence-corrected chi connectivity index (χ2v) is 4.65. The lowest BCUT2D eigenvalue weighted by atomic mass is 9.95. The number of carbonyl (C=O) groups is 1. The fourth-order valence-corrected chi connectivity index (χ4v) is 2.00. The van der Waals surface area contributed by atoms with Crippen molar-refractivity contribution in [2.45, 2.75) is 18.3 Å². The molecule has 2 rings (SSSR count). The van der Waals surface area contributed by atoms with E-state index in [1.165, 1.54) is 0 Å². The number of methoxy groups -OCH3 is 1. The molecule has 1 N–H and O–H groups in total. The molecule has 92 valence electrons. The van der Waals surface area contributed by atoms with Crippen molar-refractivity contribution in [1.29, 1.82) is 0 Å². The minimum Gasteiger partial charge on any atom is -0.497 e. The lowest BCUT2D eigenvalue weighted by Crippen LogP contribution is -2.42. The number of rotatable bonds is 4. The number of hydrogen-bond donors (Lipinski definition) is 1. The van der Waals surface area contributed by atoms with Crippen molar-refractivity contribution < 1.29 is 9.53 Å². The van der Waals surface area contributed by atoms with Crippen LogP contribution in [0.15, 0.2) is 24.3 Å². The fourth-order valence-electron chi connectivity index (χ4n) is 2.00. The van der Waals surface area contributed by atoms with E-state index in [4.69, 9.17) is 4.74 Å². The fraction of sp³-hybridized carbons (Fsp3) is 0.462. The smallest absolute Gasteiger partial charge is 0.244 e. The molecule has 4 heteroatoms. The predicted molar refractivity (Wildman–Crippen MR) is 65.7 cm³/mol. The Kier molecular flexibility index (Phi) is 3.07. The van der Waals surface area contributed by atoms with Crippen molar-refractivity contribution in [3.05, 3.63) is 29.8 Å². The van der Waals surface area contributed by atoms with Crippen LogP contribution in [0.2, 0.25) is 0 Å². The van der Waals surface area contributed by atoms with E-state index in [1.807, 2.05) is 38.4 Å². The molecule has 0 spiro atoms. The number of nitrogens with one attached hydrogen (secondary N) is 1. The summed E-state index contributed by atoms with van der Waals surface area (Å²) in [4.78, 5) is 12.1. The Balaban J connectivity index is 2.23. The third kappa shape index (κ3) is 2.26. The Morgan fingerprint density at radius 1 is 1.41 bits per heavy atom. The second-order valence-electron chi connectivity index (χ2n) is 4.65. The molecule has 1 aliphatic rings. The molecule has 0 radical (unpaired) electrons. The van der Waals surface area contributed by atoms with E-state index in [2.05, 4.69) is 5.43 Å². The Morgan fingerprint density at radius 2 is 2.12 bits per heavy atom. The largest absolute Gasteiger partial charge is 0.497 e. The molecule has 0 heterocycles. The molecule has 17 heavy (non-hydrogen) atoms. The zero-order chi connectivity index (χ0) is 12.5. The van der Waals surface area contributed by atoms with Crippen LogP contribution in [-0.4, -0.2) is 32.1 Å². The molecule has 1 saturated carbocycles. The molecule has 0 atom stereocenters. The number of hydrogen-bond acceptors (Lipinski definition) is 3. The van der Waals surface area contributed by atoms with Gasteiger partial charge in [-0.2, -0.15) is 0 Å². The number of nitrogens with zero attached hydrogens (tertiary/aromatic N) is 1. The van der Waals surface area contributed by atoms with E-state index in [-0.39, 0.29) is 11.3 Å². The molecular formula is C13H18N2O2. The minimum absolute atomic E-state index is 0.0655. The molecule has 0 unspecified atom stereocenters. The monoisotopic (exact) mass is 234 g/mol. The van der Waals surface area contributed by atoms with Crippen LogP contribution in [0.25, 0.3) is 0 Å². The van der Waals surface area contributed by atoms with Crippen molar-refractivity contribution in [2.24, 2.45) is 0 Å². The van der Waals surface area contributed by atoms with Gasteiger partial charge in [-0.3, -0.25) is 10.2 Å². The lowest BCUT2D eigenvalue weighted by Gasteiger charge is -2.19. The highest BCUT2D eigenvalue weighted by molar-refractivity contribution is 5.91. The summed E-state index contributed by atoms with van der Waals surface area (Å²) >= 11 is 0. The molecular weight excluding hydrogens is 216 g/mol. The highest BCUT2D eigenvalue weighted by Crippen LogP contribution is 2.49. The van der Waals surface area contributed by atoms with Gasteiger partial charge in [0.2, 0.25) is 5.91 Å². The number of amides is 1. The van der Waals surface area contributed by atoms with Crippen LogP contribution in [0.1, 0.15) is 18.4 Å². The van der Waals surface area contributed by atoms with Gasteiger partial charge in [0.05, 0.1) is 12.5 Å². The molecule has 0 aromatic heterocycles. The van der Waals surface area contributed by atoms with Crippen molar-refractivity contribution in [2.75, 3.05) is 21.2 Å². The van der Waals surface area contributed by atoms with Gasteiger partial charge in [-0.05, 0) is 30.5 Å². The van der Waals surface area contributed by atoms with E-state index in [1.54, 1.807) is 12.1 Å². The van der Waals surface area contributed by atoms with Crippen LogP contribution in [0.4, 0.5) is 0 Å². The molecule has 1 aromatic carbocycles. The molecule has 1 fully saturated rings. The molecule has 1 amide bonds. The summed E-state index contributed by atoms with van der Waals surface area (Å²) in [6.45, 7) is 0. The summed E-state index contributed by atoms with van der Waals surface area (Å²) in [6, 6.07) is 7.76. The standard InChI is InChI=1S/C13H18N2O2/c1-15(2)14-12(16)13(7-8-13)10-5-4-6-11(9-10)17-3/h4-6,9H,7-8H2,1-3H3,(H,14,16). The van der Waals surface area contributed by atoms with Gasteiger partial charge >= 0.3 is 0 Å². The SMILES string of the molecule is COc1cccc(C2(C(=O)NN(C)C)CC2)c1. The summed E-state index contributed by atoms with van der Waals surface area (Å²) in [5.74, 6) is 0.863. The molecule has 4 nitrogen and oxygen atoms in total. The van der Waals surface area contributed by atoms with E-state index in [9.17, 15) is 4.79 Å². The Labute approximate surface area is 102 Å². The van der Waals surface area contributed by atoms with Crippen LogP contribution in [0.5, 0.6) is 5.75 Å². The number of carbonyl (C=O) groups excluding carboxylic acids is 1. The summed E-state index contributed by atoms with van der Waals surface area (Å²) in [5.41, 5.74) is 3.52. The van der Waals surface area contributed by atoms with Gasteiger partial charge in [-0.1, -0.05) is 12.1 Å². The van der Waals surface area contributed by atoms with Crippen LogP contribution in [0, 0.1) is 0 Å². The van der Waals surface area contributed by atoms with E-state index < -0.39 is 0 Å². The van der Waals surface area contributed by atoms with Gasteiger partial charge in [0.25, 0.3) is 0 Å². The van der Waals surface area contributed by atoms with Crippen LogP contribution < -0.4 is 10.2 Å². The molecule has 0 aliphatic heterocycles. The first kappa shape index (κ1) is 11.9. The Bertz CT molecular complexity index is 425. The first-order chi connectivity index (χ1) is 8.08. The molecule has 0 saturated heterocycles. The Morgan fingerprint density at radius 3 is 2.65 bits per heavy atom. The third-order valence-electron chi connectivity index (χ3n) is 3.13. The van der Waals surface area contributed by atoms with Gasteiger partial charge in [0.15, 0.2) is 0 Å². The number of hydrazine groups is 1. The maximum absolute atomic E-state index is 12.1. The third-order valence-corrected chi connectivity index (χ3v) is 3.13. The summed E-state index contributed by atoms with van der Waals surface area (Å²) in [7, 11) is 5.28. The first-order valence-electron chi connectivity index (χ1n) is 5.71. The first-order valence-corrected chi connectivity index (χ1v) is 5.71. The normalized spacial score (nSPS) is 16.7. The quantitative estimate of drug-likeness (QED) is 0.799. The Hall–Kier alpha value is -1.55. The van der Waals surface area contributed by atoms with Gasteiger partial charge in [0.1, 0.15) is 5.75 Å². The van der Waals surface area contributed by atoms with Crippen molar-refractivity contribution in [3.63, 3.8) is 0 Å². The van der Waals surface area contributed by atoms with Crippen LogP contribution in [-0.2, 0) is 10.2 Å². The minimum atomic E-state index is -0.348. The average molecular weight is 234 g/mol. The summed E-state index contributed by atoms with van der Waals surface area (Å²) < 4.78 is 5.20. The van der Waals surface area contributed by atoms with Gasteiger partial charge in [-0.25, -0.2) is 5.01 Å². The van der Waals surface area contributed by atoms with Crippen molar-refractivity contribution >= 4 is 5.91 Å². The van der Waals surface area contributed by atoms with Crippen LogP contribution >= 0.6 is 0 Å². The van der Waals surface area contributed by atoms with E-state index in [0.717, 1.165) is 24.2 Å². The maximum atomic E-state index is 12.1. The number of ether oxygens (including phenoxy) is 1. The predicted octanol–water partition coefficient (Wildman–Crippen LogP) is 1.32. The van der Waals surface area contributed by atoms with E-state index >= 15 is 0 Å². The summed E-state index contributed by atoms with van der Waals surface area (Å²) in [6.07, 6.45) is 1.81. The zero-order valence-corrected chi connectivity index (χ0v) is 10.5. The highest BCUT2D eigenvalue weighted by Gasteiger charge is 2.51. The molecule has 1 aliphatic carbocycles. The topological polar surface area (TPSA) is 41.6 Å². The average Bonchev–Trinajstić information content (AvgIpc) is 3.09. The lowest BCUT2D eigenvalue weighted by molar-refractivity contribution is -0.127. The summed E-state index contributed by atoms with van der Waals surface area (Å²) in [5, 5.41) is 1.68.